The number of rotatable bonds is 4. The lowest BCUT2D eigenvalue weighted by Gasteiger charge is -2.29. The Hall–Kier alpha value is -1.64. The Balaban J connectivity index is 0.000000441. The third-order valence-electron chi connectivity index (χ3n) is 1.93. The van der Waals surface area contributed by atoms with E-state index in [1.165, 1.54) is 42.3 Å². The third kappa shape index (κ3) is 6.00. The molecule has 0 atom stereocenters. The fourth-order valence-electron chi connectivity index (χ4n) is 1.16. The molecule has 116 valence electrons. The van der Waals surface area contributed by atoms with Gasteiger partial charge in [0.15, 0.2) is 5.57 Å². The van der Waals surface area contributed by atoms with Gasteiger partial charge in [-0.1, -0.05) is 0 Å². The second-order valence-electron chi connectivity index (χ2n) is 3.94. The van der Waals surface area contributed by atoms with Crippen molar-refractivity contribution in [2.45, 2.75) is 26.1 Å². The van der Waals surface area contributed by atoms with Crippen LogP contribution in [0, 0.1) is 0 Å². The fraction of sp³-hybridized carbons (Fsp3) is 0.667. The summed E-state index contributed by atoms with van der Waals surface area (Å²) in [6.45, 7) is 2.44. The molecule has 0 aromatic heterocycles. The lowest BCUT2D eigenvalue weighted by atomic mass is 10.2. The van der Waals surface area contributed by atoms with E-state index in [4.69, 9.17) is 9.47 Å². The number of hydrogen-bond donors (Lipinski definition) is 0. The number of cyclic esters (lactones) is 2. The van der Waals surface area contributed by atoms with Crippen molar-refractivity contribution in [2.75, 3.05) is 28.4 Å². The lowest BCUT2D eigenvalue weighted by molar-refractivity contribution is -0.252. The highest BCUT2D eigenvalue weighted by Gasteiger charge is 2.39. The van der Waals surface area contributed by atoms with E-state index < -0.39 is 24.2 Å². The number of carbonyl (C=O) groups is 2. The highest BCUT2D eigenvalue weighted by atomic mass is 16.8. The maximum absolute atomic E-state index is 11.1. The summed E-state index contributed by atoms with van der Waals surface area (Å²) in [6, 6.07) is 0. The molecule has 1 fully saturated rings. The Bertz CT molecular complexity index is 329. The smallest absolute Gasteiger partial charge is 0.352 e. The first-order valence-electron chi connectivity index (χ1n) is 5.59. The van der Waals surface area contributed by atoms with Gasteiger partial charge in [-0.15, -0.1) is 0 Å². The molecule has 0 aromatic carbocycles. The molecular formula is C12H20O8. The summed E-state index contributed by atoms with van der Waals surface area (Å²) in [4.78, 5) is 22.3. The summed E-state index contributed by atoms with van der Waals surface area (Å²) in [6.07, 6.45) is 1.000. The van der Waals surface area contributed by atoms with Crippen LogP contribution in [-0.2, 0) is 38.0 Å². The van der Waals surface area contributed by atoms with E-state index in [-0.39, 0.29) is 5.57 Å². The Kier molecular flexibility index (Phi) is 7.82. The van der Waals surface area contributed by atoms with Crippen LogP contribution in [0.2, 0.25) is 0 Å². The highest BCUT2D eigenvalue weighted by Crippen LogP contribution is 2.22. The van der Waals surface area contributed by atoms with Gasteiger partial charge >= 0.3 is 11.9 Å². The molecule has 1 aliphatic heterocycles. The van der Waals surface area contributed by atoms with Gasteiger partial charge in [0.1, 0.15) is 6.26 Å². The zero-order chi connectivity index (χ0) is 15.8. The quantitative estimate of drug-likeness (QED) is 0.244. The summed E-state index contributed by atoms with van der Waals surface area (Å²) < 4.78 is 27.9. The second kappa shape index (κ2) is 8.51. The van der Waals surface area contributed by atoms with Crippen LogP contribution in [-0.4, -0.2) is 52.6 Å². The molecular weight excluding hydrogens is 272 g/mol. The van der Waals surface area contributed by atoms with Gasteiger partial charge in [-0.3, -0.25) is 0 Å². The molecule has 0 unspecified atom stereocenters. The predicted molar refractivity (Wildman–Crippen MR) is 66.2 cm³/mol. The fourth-order valence-corrected chi connectivity index (χ4v) is 1.16. The van der Waals surface area contributed by atoms with Gasteiger partial charge in [-0.25, -0.2) is 9.59 Å². The second-order valence-corrected chi connectivity index (χ2v) is 3.94. The van der Waals surface area contributed by atoms with Gasteiger partial charge in [0, 0.05) is 35.2 Å². The van der Waals surface area contributed by atoms with Crippen LogP contribution in [0.5, 0.6) is 0 Å². The van der Waals surface area contributed by atoms with Crippen LogP contribution >= 0.6 is 0 Å². The first-order valence-corrected chi connectivity index (χ1v) is 5.59. The van der Waals surface area contributed by atoms with Crippen molar-refractivity contribution >= 4 is 11.9 Å². The van der Waals surface area contributed by atoms with E-state index in [2.05, 4.69) is 18.9 Å². The minimum Gasteiger partial charge on any atom is -0.503 e. The van der Waals surface area contributed by atoms with Crippen molar-refractivity contribution in [3.8, 4) is 0 Å². The Morgan fingerprint density at radius 3 is 1.60 bits per heavy atom. The van der Waals surface area contributed by atoms with E-state index >= 15 is 0 Å². The van der Waals surface area contributed by atoms with Crippen molar-refractivity contribution in [3.05, 3.63) is 11.8 Å². The molecule has 20 heavy (non-hydrogen) atoms. The molecule has 1 heterocycles. The van der Waals surface area contributed by atoms with Crippen molar-refractivity contribution in [3.63, 3.8) is 0 Å². The minimum atomic E-state index is -1.20. The number of hydrogen-bond acceptors (Lipinski definition) is 8. The number of ether oxygens (including phenoxy) is 6. The zero-order valence-corrected chi connectivity index (χ0v) is 12.4. The van der Waals surface area contributed by atoms with Crippen molar-refractivity contribution in [1.29, 1.82) is 0 Å². The van der Waals surface area contributed by atoms with Crippen molar-refractivity contribution in [1.82, 2.24) is 0 Å². The molecule has 8 heteroatoms. The molecule has 0 spiro atoms. The molecule has 1 saturated heterocycles. The molecule has 0 N–H and O–H groups in total. The first kappa shape index (κ1) is 18.4. The molecule has 0 radical (unpaired) electrons. The number of esters is 2. The van der Waals surface area contributed by atoms with Gasteiger partial charge in [0.2, 0.25) is 0 Å². The molecule has 0 aliphatic carbocycles. The summed E-state index contributed by atoms with van der Waals surface area (Å²) in [5.41, 5.74) is -0.234. The zero-order valence-electron chi connectivity index (χ0n) is 12.4. The monoisotopic (exact) mass is 292 g/mol. The van der Waals surface area contributed by atoms with Crippen molar-refractivity contribution in [2.24, 2.45) is 0 Å². The Morgan fingerprint density at radius 1 is 0.950 bits per heavy atom. The van der Waals surface area contributed by atoms with Gasteiger partial charge in [-0.2, -0.15) is 0 Å². The van der Waals surface area contributed by atoms with Crippen LogP contribution in [0.15, 0.2) is 11.8 Å². The van der Waals surface area contributed by atoms with E-state index in [1.807, 2.05) is 0 Å². The minimum absolute atomic E-state index is 0.234. The summed E-state index contributed by atoms with van der Waals surface area (Å²) in [5.74, 6) is -2.66. The normalized spacial score (nSPS) is 16.9. The summed E-state index contributed by atoms with van der Waals surface area (Å²) >= 11 is 0. The maximum atomic E-state index is 11.1. The van der Waals surface area contributed by atoms with Crippen LogP contribution in [0.4, 0.5) is 0 Å². The average Bonchev–Trinajstić information content (AvgIpc) is 2.36. The standard InChI is InChI=1S/C8H10O5.C4H10O3/c1-8(2)12-6(9)5(4-11-3)7(10)13-8;1-5-4(6-2)7-3/h4H,1-3H3;4H,1-3H3. The average molecular weight is 292 g/mol. The predicted octanol–water partition coefficient (Wildman–Crippen LogP) is 0.562. The van der Waals surface area contributed by atoms with Crippen LogP contribution in [0.1, 0.15) is 13.8 Å². The molecule has 0 saturated carbocycles. The summed E-state index contributed by atoms with van der Waals surface area (Å²) in [7, 11) is 5.86. The number of methoxy groups -OCH3 is 4. The van der Waals surface area contributed by atoms with Gasteiger partial charge in [-0.05, 0) is 0 Å². The lowest BCUT2D eigenvalue weighted by Crippen LogP contribution is -2.41. The van der Waals surface area contributed by atoms with Crippen LogP contribution < -0.4 is 0 Å². The Morgan fingerprint density at radius 2 is 1.35 bits per heavy atom. The summed E-state index contributed by atoms with van der Waals surface area (Å²) in [5, 5.41) is 0. The van der Waals surface area contributed by atoms with Crippen LogP contribution in [0.3, 0.4) is 0 Å². The van der Waals surface area contributed by atoms with Crippen LogP contribution in [0.25, 0.3) is 0 Å². The van der Waals surface area contributed by atoms with Crippen molar-refractivity contribution < 1.29 is 38.0 Å². The SMILES string of the molecule is COC(OC)OC.COC=C1C(=O)OC(C)(C)OC1=O. The van der Waals surface area contributed by atoms with Gasteiger partial charge < -0.3 is 28.4 Å². The molecule has 0 aromatic rings. The first-order chi connectivity index (χ1) is 9.31. The van der Waals surface area contributed by atoms with E-state index in [1.54, 1.807) is 0 Å². The molecule has 1 rings (SSSR count). The topological polar surface area (TPSA) is 89.5 Å². The van der Waals surface area contributed by atoms with E-state index in [0.717, 1.165) is 6.26 Å². The van der Waals surface area contributed by atoms with Gasteiger partial charge in [0.05, 0.1) is 7.11 Å². The molecule has 0 bridgehead atoms. The van der Waals surface area contributed by atoms with Gasteiger partial charge in [0.25, 0.3) is 12.3 Å². The molecule has 0 amide bonds. The van der Waals surface area contributed by atoms with E-state index in [0.29, 0.717) is 0 Å². The molecule has 8 nitrogen and oxygen atoms in total. The highest BCUT2D eigenvalue weighted by molar-refractivity contribution is 6.15. The largest absolute Gasteiger partial charge is 0.503 e. The molecule has 1 aliphatic rings. The third-order valence-corrected chi connectivity index (χ3v) is 1.93. The Labute approximate surface area is 117 Å². The van der Waals surface area contributed by atoms with E-state index in [9.17, 15) is 9.59 Å². The maximum Gasteiger partial charge on any atom is 0.352 e. The number of carbonyl (C=O) groups excluding carboxylic acids is 2.